The summed E-state index contributed by atoms with van der Waals surface area (Å²) in [5, 5.41) is 3.29. The van der Waals surface area contributed by atoms with E-state index >= 15 is 0 Å². The lowest BCUT2D eigenvalue weighted by atomic mass is 10.1. The molecule has 4 nitrogen and oxygen atoms in total. The molecule has 7 heteroatoms. The van der Waals surface area contributed by atoms with E-state index in [0.29, 0.717) is 20.9 Å². The van der Waals surface area contributed by atoms with Gasteiger partial charge in [-0.3, -0.25) is 10.1 Å². The molecule has 0 spiro atoms. The second-order valence-corrected chi connectivity index (χ2v) is 7.29. The van der Waals surface area contributed by atoms with Crippen LogP contribution in [0.25, 0.3) is 11.3 Å². The fraction of sp³-hybridized carbons (Fsp3) is 0.111. The Balaban J connectivity index is 1.81. The number of benzene rings is 2. The van der Waals surface area contributed by atoms with Crippen molar-refractivity contribution in [2.45, 2.75) is 6.92 Å². The van der Waals surface area contributed by atoms with Crippen molar-refractivity contribution in [3.63, 3.8) is 0 Å². The molecule has 128 valence electrons. The van der Waals surface area contributed by atoms with Crippen LogP contribution in [0.2, 0.25) is 0 Å². The molecule has 0 saturated heterocycles. The number of ether oxygens (including phenoxy) is 1. The molecule has 25 heavy (non-hydrogen) atoms. The van der Waals surface area contributed by atoms with E-state index in [-0.39, 0.29) is 11.7 Å². The number of hydrogen-bond donors (Lipinski definition) is 1. The van der Waals surface area contributed by atoms with Crippen molar-refractivity contribution < 1.29 is 13.9 Å². The van der Waals surface area contributed by atoms with Crippen LogP contribution in [0.1, 0.15) is 15.2 Å². The number of nitrogens with zero attached hydrogens (tertiary/aromatic N) is 1. The van der Waals surface area contributed by atoms with Crippen LogP contribution >= 0.6 is 27.3 Å². The van der Waals surface area contributed by atoms with Gasteiger partial charge in [-0.1, -0.05) is 0 Å². The van der Waals surface area contributed by atoms with Gasteiger partial charge >= 0.3 is 0 Å². The van der Waals surface area contributed by atoms with Gasteiger partial charge in [0.15, 0.2) is 5.13 Å². The lowest BCUT2D eigenvalue weighted by Gasteiger charge is -2.06. The highest BCUT2D eigenvalue weighted by molar-refractivity contribution is 9.10. The molecule has 1 heterocycles. The fourth-order valence-corrected chi connectivity index (χ4v) is 3.67. The number of anilines is 1. The summed E-state index contributed by atoms with van der Waals surface area (Å²) in [7, 11) is 1.56. The zero-order chi connectivity index (χ0) is 18.0. The predicted octanol–water partition coefficient (Wildman–Crippen LogP) is 5.28. The topological polar surface area (TPSA) is 51.2 Å². The summed E-state index contributed by atoms with van der Waals surface area (Å²) in [5.74, 6) is 0.0956. The van der Waals surface area contributed by atoms with Gasteiger partial charge in [-0.25, -0.2) is 9.37 Å². The van der Waals surface area contributed by atoms with Gasteiger partial charge in [0.2, 0.25) is 0 Å². The van der Waals surface area contributed by atoms with Gasteiger partial charge in [-0.2, -0.15) is 0 Å². The highest BCUT2D eigenvalue weighted by atomic mass is 79.9. The molecular weight excluding hydrogens is 407 g/mol. The van der Waals surface area contributed by atoms with Crippen molar-refractivity contribution in [3.05, 3.63) is 63.2 Å². The molecule has 0 bridgehead atoms. The minimum Gasteiger partial charge on any atom is -0.496 e. The van der Waals surface area contributed by atoms with Gasteiger partial charge in [0.1, 0.15) is 11.6 Å². The first kappa shape index (κ1) is 17.6. The van der Waals surface area contributed by atoms with Crippen LogP contribution < -0.4 is 10.1 Å². The summed E-state index contributed by atoms with van der Waals surface area (Å²) in [6.45, 7) is 1.91. The number of carbonyl (C=O) groups is 1. The Hall–Kier alpha value is -2.25. The summed E-state index contributed by atoms with van der Waals surface area (Å²) in [6, 6.07) is 11.2. The monoisotopic (exact) mass is 420 g/mol. The number of aromatic nitrogens is 1. The van der Waals surface area contributed by atoms with Crippen LogP contribution in [0, 0.1) is 12.7 Å². The van der Waals surface area contributed by atoms with E-state index in [1.807, 2.05) is 6.92 Å². The molecule has 0 unspecified atom stereocenters. The SMILES string of the molecule is COc1ccc(C(=O)Nc2nc(-c3ccc(F)cc3)c(C)s2)cc1Br. The van der Waals surface area contributed by atoms with Crippen molar-refractivity contribution in [3.8, 4) is 17.0 Å². The Morgan fingerprint density at radius 1 is 1.24 bits per heavy atom. The molecule has 0 aliphatic carbocycles. The van der Waals surface area contributed by atoms with E-state index in [0.717, 1.165) is 16.1 Å². The van der Waals surface area contributed by atoms with Gasteiger partial charge in [0.25, 0.3) is 5.91 Å². The first-order chi connectivity index (χ1) is 12.0. The van der Waals surface area contributed by atoms with E-state index in [2.05, 4.69) is 26.2 Å². The first-order valence-corrected chi connectivity index (χ1v) is 8.97. The largest absolute Gasteiger partial charge is 0.496 e. The van der Waals surface area contributed by atoms with Crippen LogP contribution in [-0.4, -0.2) is 18.0 Å². The predicted molar refractivity (Wildman–Crippen MR) is 101 cm³/mol. The maximum Gasteiger partial charge on any atom is 0.257 e. The smallest absolute Gasteiger partial charge is 0.257 e. The van der Waals surface area contributed by atoms with Crippen LogP contribution in [-0.2, 0) is 0 Å². The van der Waals surface area contributed by atoms with Gasteiger partial charge in [-0.05, 0) is 65.3 Å². The van der Waals surface area contributed by atoms with Gasteiger partial charge in [0.05, 0.1) is 17.3 Å². The Morgan fingerprint density at radius 2 is 1.96 bits per heavy atom. The Labute approximate surface area is 156 Å². The highest BCUT2D eigenvalue weighted by Crippen LogP contribution is 2.31. The van der Waals surface area contributed by atoms with Gasteiger partial charge in [-0.15, -0.1) is 11.3 Å². The molecule has 0 radical (unpaired) electrons. The Bertz CT molecular complexity index is 925. The van der Waals surface area contributed by atoms with E-state index in [1.54, 1.807) is 37.4 Å². The van der Waals surface area contributed by atoms with E-state index in [1.165, 1.54) is 23.5 Å². The summed E-state index contributed by atoms with van der Waals surface area (Å²) in [4.78, 5) is 17.8. The van der Waals surface area contributed by atoms with Crippen molar-refractivity contribution >= 4 is 38.3 Å². The first-order valence-electron chi connectivity index (χ1n) is 7.36. The number of thiazole rings is 1. The molecule has 3 rings (SSSR count). The number of carbonyl (C=O) groups excluding carboxylic acids is 1. The maximum absolute atomic E-state index is 13.1. The summed E-state index contributed by atoms with van der Waals surface area (Å²) in [6.07, 6.45) is 0. The normalized spacial score (nSPS) is 10.6. The molecule has 1 aromatic heterocycles. The molecule has 0 fully saturated rings. The fourth-order valence-electron chi connectivity index (χ4n) is 2.30. The van der Waals surface area contributed by atoms with Crippen LogP contribution in [0.3, 0.4) is 0 Å². The summed E-state index contributed by atoms with van der Waals surface area (Å²) >= 11 is 4.74. The number of rotatable bonds is 4. The summed E-state index contributed by atoms with van der Waals surface area (Å²) in [5.41, 5.74) is 2.03. The van der Waals surface area contributed by atoms with Gasteiger partial charge < -0.3 is 4.74 Å². The second-order valence-electron chi connectivity index (χ2n) is 5.23. The molecule has 0 aliphatic heterocycles. The maximum atomic E-state index is 13.1. The third-order valence-electron chi connectivity index (χ3n) is 3.55. The number of aryl methyl sites for hydroxylation is 1. The number of amides is 1. The minimum absolute atomic E-state index is 0.261. The molecule has 1 amide bonds. The third kappa shape index (κ3) is 3.88. The molecule has 1 N–H and O–H groups in total. The molecule has 3 aromatic rings. The molecule has 2 aromatic carbocycles. The second kappa shape index (κ2) is 7.33. The number of methoxy groups -OCH3 is 1. The molecule has 0 aliphatic rings. The van der Waals surface area contributed by atoms with Crippen molar-refractivity contribution in [2.75, 3.05) is 12.4 Å². The zero-order valence-electron chi connectivity index (χ0n) is 13.5. The van der Waals surface area contributed by atoms with Crippen LogP contribution in [0.4, 0.5) is 9.52 Å². The number of nitrogens with one attached hydrogen (secondary N) is 1. The van der Waals surface area contributed by atoms with Crippen molar-refractivity contribution in [1.29, 1.82) is 0 Å². The molecule has 0 saturated carbocycles. The van der Waals surface area contributed by atoms with E-state index < -0.39 is 0 Å². The standard InChI is InChI=1S/C18H14BrFN2O2S/c1-10-16(11-3-6-13(20)7-4-11)21-18(25-10)22-17(23)12-5-8-15(24-2)14(19)9-12/h3-9H,1-2H3,(H,21,22,23). The highest BCUT2D eigenvalue weighted by Gasteiger charge is 2.14. The molecule has 0 atom stereocenters. The average Bonchev–Trinajstić information content (AvgIpc) is 2.95. The average molecular weight is 421 g/mol. The zero-order valence-corrected chi connectivity index (χ0v) is 15.9. The number of halogens is 2. The molecular formula is C18H14BrFN2O2S. The van der Waals surface area contributed by atoms with Gasteiger partial charge in [0, 0.05) is 16.0 Å². The van der Waals surface area contributed by atoms with E-state index in [9.17, 15) is 9.18 Å². The quantitative estimate of drug-likeness (QED) is 0.624. The van der Waals surface area contributed by atoms with Crippen molar-refractivity contribution in [2.24, 2.45) is 0 Å². The third-order valence-corrected chi connectivity index (χ3v) is 5.05. The van der Waals surface area contributed by atoms with Crippen molar-refractivity contribution in [1.82, 2.24) is 4.98 Å². The van der Waals surface area contributed by atoms with Crippen LogP contribution in [0.15, 0.2) is 46.9 Å². The Kier molecular flexibility index (Phi) is 5.15. The number of hydrogen-bond acceptors (Lipinski definition) is 4. The lowest BCUT2D eigenvalue weighted by molar-refractivity contribution is 0.102. The van der Waals surface area contributed by atoms with Crippen LogP contribution in [0.5, 0.6) is 5.75 Å². The minimum atomic E-state index is -0.296. The van der Waals surface area contributed by atoms with E-state index in [4.69, 9.17) is 4.74 Å². The summed E-state index contributed by atoms with van der Waals surface area (Å²) < 4.78 is 18.9. The Morgan fingerprint density at radius 3 is 2.60 bits per heavy atom. The lowest BCUT2D eigenvalue weighted by Crippen LogP contribution is -2.11.